The molecule has 1 aromatic carbocycles. The van der Waals surface area contributed by atoms with Gasteiger partial charge in [-0.25, -0.2) is 0 Å². The molecular formula is C16H16N2O4. The lowest BCUT2D eigenvalue weighted by molar-refractivity contribution is -0.148. The summed E-state index contributed by atoms with van der Waals surface area (Å²) in [4.78, 5) is 36.4. The number of phenols is 1. The molecule has 2 N–H and O–H groups in total. The summed E-state index contributed by atoms with van der Waals surface area (Å²) >= 11 is 0. The van der Waals surface area contributed by atoms with E-state index >= 15 is 0 Å². The van der Waals surface area contributed by atoms with E-state index in [4.69, 9.17) is 0 Å². The number of benzene rings is 1. The summed E-state index contributed by atoms with van der Waals surface area (Å²) in [5.74, 6) is -1.70. The molecule has 0 unspecified atom stereocenters. The number of carbonyl (C=O) groups is 3. The summed E-state index contributed by atoms with van der Waals surface area (Å²) in [5.41, 5.74) is 3.09. The standard InChI is InChI=1S/C16H16N2O4/c19-11-7-5-10(6-8-11)9-14(20)17-18-15(21)12-3-1-2-4-13(12)16(18)22/h1-2,5-8,12-13,19H,3-4,9H2,(H,17,20)/t12-,13+. The molecule has 114 valence electrons. The van der Waals surface area contributed by atoms with Crippen LogP contribution in [-0.4, -0.2) is 27.8 Å². The maximum absolute atomic E-state index is 12.2. The summed E-state index contributed by atoms with van der Waals surface area (Å²) in [6, 6.07) is 6.20. The first kappa shape index (κ1) is 14.3. The Hall–Kier alpha value is -2.63. The molecule has 3 amide bonds. The van der Waals surface area contributed by atoms with Crippen molar-refractivity contribution in [2.75, 3.05) is 0 Å². The molecule has 1 aliphatic heterocycles. The van der Waals surface area contributed by atoms with Crippen LogP contribution in [0.3, 0.4) is 0 Å². The quantitative estimate of drug-likeness (QED) is 0.642. The molecule has 1 aliphatic carbocycles. The Labute approximate surface area is 127 Å². The second-order valence-electron chi connectivity index (χ2n) is 5.55. The second kappa shape index (κ2) is 5.63. The maximum atomic E-state index is 12.2. The third-order valence-corrected chi connectivity index (χ3v) is 4.05. The largest absolute Gasteiger partial charge is 0.508 e. The molecule has 6 heteroatoms. The van der Waals surface area contributed by atoms with Crippen molar-refractivity contribution < 1.29 is 19.5 Å². The number of hydrogen-bond donors (Lipinski definition) is 2. The molecule has 1 aromatic rings. The number of amides is 3. The van der Waals surface area contributed by atoms with E-state index in [1.54, 1.807) is 12.1 Å². The highest BCUT2D eigenvalue weighted by Crippen LogP contribution is 2.34. The molecule has 1 saturated heterocycles. The van der Waals surface area contributed by atoms with Gasteiger partial charge >= 0.3 is 0 Å². The number of imide groups is 1. The number of phenolic OH excluding ortho intramolecular Hbond substituents is 1. The lowest BCUT2D eigenvalue weighted by atomic mass is 9.85. The smallest absolute Gasteiger partial charge is 0.252 e. The minimum atomic E-state index is -0.431. The number of hydrogen-bond acceptors (Lipinski definition) is 4. The minimum Gasteiger partial charge on any atom is -0.508 e. The molecule has 22 heavy (non-hydrogen) atoms. The number of rotatable bonds is 3. The molecular weight excluding hydrogens is 284 g/mol. The van der Waals surface area contributed by atoms with Crippen LogP contribution in [-0.2, 0) is 20.8 Å². The van der Waals surface area contributed by atoms with E-state index in [0.29, 0.717) is 18.4 Å². The maximum Gasteiger partial charge on any atom is 0.252 e. The van der Waals surface area contributed by atoms with Crippen LogP contribution in [0.15, 0.2) is 36.4 Å². The highest BCUT2D eigenvalue weighted by molar-refractivity contribution is 6.06. The lowest BCUT2D eigenvalue weighted by Crippen LogP contribution is -2.47. The van der Waals surface area contributed by atoms with Gasteiger partial charge in [0.1, 0.15) is 5.75 Å². The zero-order chi connectivity index (χ0) is 15.7. The van der Waals surface area contributed by atoms with Crippen LogP contribution in [0.1, 0.15) is 18.4 Å². The van der Waals surface area contributed by atoms with Gasteiger partial charge in [-0.15, -0.1) is 0 Å². The lowest BCUT2D eigenvalue weighted by Gasteiger charge is -2.15. The van der Waals surface area contributed by atoms with Gasteiger partial charge in [-0.05, 0) is 30.5 Å². The highest BCUT2D eigenvalue weighted by atomic mass is 16.3. The second-order valence-corrected chi connectivity index (χ2v) is 5.55. The van der Waals surface area contributed by atoms with E-state index in [-0.39, 0.29) is 35.8 Å². The van der Waals surface area contributed by atoms with Crippen LogP contribution in [0.2, 0.25) is 0 Å². The topological polar surface area (TPSA) is 86.7 Å². The van der Waals surface area contributed by atoms with Crippen LogP contribution in [0.25, 0.3) is 0 Å². The number of nitrogens with one attached hydrogen (secondary N) is 1. The minimum absolute atomic E-state index is 0.0327. The summed E-state index contributed by atoms with van der Waals surface area (Å²) in [6.45, 7) is 0. The molecule has 0 radical (unpaired) electrons. The number of allylic oxidation sites excluding steroid dienone is 2. The van der Waals surface area contributed by atoms with Crippen molar-refractivity contribution in [2.24, 2.45) is 11.8 Å². The normalized spacial score (nSPS) is 23.5. The average Bonchev–Trinajstić information content (AvgIpc) is 2.75. The third kappa shape index (κ3) is 2.59. The Bertz CT molecular complexity index is 625. The summed E-state index contributed by atoms with van der Waals surface area (Å²) in [5, 5.41) is 10.1. The highest BCUT2D eigenvalue weighted by Gasteiger charge is 2.48. The number of aromatic hydroxyl groups is 1. The van der Waals surface area contributed by atoms with Crippen molar-refractivity contribution >= 4 is 17.7 Å². The Morgan fingerprint density at radius 1 is 1.09 bits per heavy atom. The number of fused-ring (bicyclic) bond motifs is 1. The molecule has 1 fully saturated rings. The fraction of sp³-hybridized carbons (Fsp3) is 0.312. The number of hydrazine groups is 1. The van der Waals surface area contributed by atoms with E-state index in [9.17, 15) is 19.5 Å². The Morgan fingerprint density at radius 3 is 2.18 bits per heavy atom. The van der Waals surface area contributed by atoms with E-state index in [2.05, 4.69) is 5.43 Å². The van der Waals surface area contributed by atoms with E-state index in [1.165, 1.54) is 12.1 Å². The summed E-state index contributed by atoms with van der Waals surface area (Å²) < 4.78 is 0. The molecule has 0 saturated carbocycles. The zero-order valence-corrected chi connectivity index (χ0v) is 11.9. The third-order valence-electron chi connectivity index (χ3n) is 4.05. The van der Waals surface area contributed by atoms with Crippen LogP contribution >= 0.6 is 0 Å². The van der Waals surface area contributed by atoms with Crippen LogP contribution in [0.5, 0.6) is 5.75 Å². The molecule has 2 aliphatic rings. The molecule has 0 aromatic heterocycles. The Balaban J connectivity index is 1.65. The van der Waals surface area contributed by atoms with E-state index in [1.807, 2.05) is 12.2 Å². The molecule has 1 heterocycles. The van der Waals surface area contributed by atoms with Gasteiger partial charge in [0.2, 0.25) is 5.91 Å². The van der Waals surface area contributed by atoms with Gasteiger partial charge in [-0.3, -0.25) is 19.8 Å². The zero-order valence-electron chi connectivity index (χ0n) is 11.9. The fourth-order valence-electron chi connectivity index (χ4n) is 2.87. The van der Waals surface area contributed by atoms with Gasteiger partial charge in [0.05, 0.1) is 18.3 Å². The van der Waals surface area contributed by atoms with Gasteiger partial charge in [0.25, 0.3) is 11.8 Å². The van der Waals surface area contributed by atoms with Crippen molar-refractivity contribution in [3.05, 3.63) is 42.0 Å². The van der Waals surface area contributed by atoms with Crippen molar-refractivity contribution in [1.29, 1.82) is 0 Å². The molecule has 2 atom stereocenters. The SMILES string of the molecule is O=C(Cc1ccc(O)cc1)NN1C(=O)[C@H]2CC=CC[C@H]2C1=O. The first-order valence-electron chi connectivity index (χ1n) is 7.16. The van der Waals surface area contributed by atoms with Gasteiger partial charge in [-0.2, -0.15) is 5.01 Å². The van der Waals surface area contributed by atoms with Crippen molar-refractivity contribution in [3.63, 3.8) is 0 Å². The first-order chi connectivity index (χ1) is 10.6. The van der Waals surface area contributed by atoms with Crippen LogP contribution in [0.4, 0.5) is 0 Å². The van der Waals surface area contributed by atoms with E-state index < -0.39 is 5.91 Å². The molecule has 0 spiro atoms. The summed E-state index contributed by atoms with van der Waals surface area (Å²) in [6.07, 6.45) is 4.91. The molecule has 3 rings (SSSR count). The van der Waals surface area contributed by atoms with Crippen LogP contribution < -0.4 is 5.43 Å². The van der Waals surface area contributed by atoms with Gasteiger partial charge in [-0.1, -0.05) is 24.3 Å². The Kier molecular flexibility index (Phi) is 3.66. The number of carbonyl (C=O) groups excluding carboxylic acids is 3. The predicted octanol–water partition coefficient (Wildman–Crippen LogP) is 0.917. The average molecular weight is 300 g/mol. The van der Waals surface area contributed by atoms with Gasteiger partial charge < -0.3 is 5.11 Å². The molecule has 6 nitrogen and oxygen atoms in total. The van der Waals surface area contributed by atoms with Crippen molar-refractivity contribution in [2.45, 2.75) is 19.3 Å². The number of nitrogens with zero attached hydrogens (tertiary/aromatic N) is 1. The molecule has 0 bridgehead atoms. The fourth-order valence-corrected chi connectivity index (χ4v) is 2.87. The predicted molar refractivity (Wildman–Crippen MR) is 77.2 cm³/mol. The van der Waals surface area contributed by atoms with Crippen LogP contribution in [0, 0.1) is 11.8 Å². The Morgan fingerprint density at radius 2 is 1.64 bits per heavy atom. The van der Waals surface area contributed by atoms with Gasteiger partial charge in [0, 0.05) is 0 Å². The van der Waals surface area contributed by atoms with Gasteiger partial charge in [0.15, 0.2) is 0 Å². The summed E-state index contributed by atoms with van der Waals surface area (Å²) in [7, 11) is 0. The van der Waals surface area contributed by atoms with Crippen molar-refractivity contribution in [3.8, 4) is 5.75 Å². The first-order valence-corrected chi connectivity index (χ1v) is 7.16. The monoisotopic (exact) mass is 300 g/mol. The van der Waals surface area contributed by atoms with E-state index in [0.717, 1.165) is 5.01 Å². The van der Waals surface area contributed by atoms with Crippen molar-refractivity contribution in [1.82, 2.24) is 10.4 Å².